The first-order valence-corrected chi connectivity index (χ1v) is 9.35. The molecule has 0 saturated heterocycles. The van der Waals surface area contributed by atoms with Crippen molar-refractivity contribution in [1.82, 2.24) is 25.9 Å². The topological polar surface area (TPSA) is 170 Å². The number of hydrogen-bond donors (Lipinski definition) is 5. The number of nitrogens with one attached hydrogen (secondary N) is 4. The Morgan fingerprint density at radius 2 is 1.86 bits per heavy atom. The zero-order valence-electron chi connectivity index (χ0n) is 15.5. The zero-order valence-corrected chi connectivity index (χ0v) is 16.3. The number of thioether (sulfide) groups is 1. The lowest BCUT2D eigenvalue weighted by Crippen LogP contribution is -2.44. The van der Waals surface area contributed by atoms with Crippen molar-refractivity contribution in [3.8, 4) is 0 Å². The van der Waals surface area contributed by atoms with E-state index in [1.807, 2.05) is 0 Å². The van der Waals surface area contributed by atoms with Crippen LogP contribution < -0.4 is 16.0 Å². The fraction of sp³-hybridized carbons (Fsp3) is 0.500. The van der Waals surface area contributed by atoms with E-state index in [4.69, 9.17) is 5.11 Å². The molecular formula is C16H23N5O6S. The minimum absolute atomic E-state index is 0.0132. The number of carboxylic acid groups (broad SMARTS) is 1. The first kappa shape index (κ1) is 23.1. The number of carbonyl (C=O) groups excluding carboxylic acids is 4. The smallest absolute Gasteiger partial charge is 0.327 e. The lowest BCUT2D eigenvalue weighted by molar-refractivity contribution is -0.140. The highest BCUT2D eigenvalue weighted by molar-refractivity contribution is 8.13. The van der Waals surface area contributed by atoms with Gasteiger partial charge >= 0.3 is 5.97 Å². The van der Waals surface area contributed by atoms with E-state index in [2.05, 4.69) is 25.9 Å². The highest BCUT2D eigenvalue weighted by atomic mass is 32.2. The van der Waals surface area contributed by atoms with Gasteiger partial charge in [-0.2, -0.15) is 0 Å². The fourth-order valence-corrected chi connectivity index (χ4v) is 3.01. The summed E-state index contributed by atoms with van der Waals surface area (Å²) in [6.07, 6.45) is 3.06. The summed E-state index contributed by atoms with van der Waals surface area (Å²) >= 11 is 0.702. The highest BCUT2D eigenvalue weighted by Crippen LogP contribution is 2.12. The Kier molecular flexibility index (Phi) is 9.71. The van der Waals surface area contributed by atoms with Crippen molar-refractivity contribution < 1.29 is 29.1 Å². The predicted octanol–water partition coefficient (Wildman–Crippen LogP) is -1.19. The average Bonchev–Trinajstić information content (AvgIpc) is 3.10. The third kappa shape index (κ3) is 9.16. The Hall–Kier alpha value is -2.89. The summed E-state index contributed by atoms with van der Waals surface area (Å²) in [5.41, 5.74) is 0.609. The number of carboxylic acids is 1. The monoisotopic (exact) mass is 413 g/mol. The van der Waals surface area contributed by atoms with Crippen LogP contribution in [0.1, 0.15) is 26.0 Å². The minimum atomic E-state index is -1.26. The number of rotatable bonds is 11. The van der Waals surface area contributed by atoms with E-state index in [1.54, 1.807) is 0 Å². The van der Waals surface area contributed by atoms with Gasteiger partial charge in [0.15, 0.2) is 0 Å². The molecule has 0 spiro atoms. The molecule has 0 aliphatic carbocycles. The van der Waals surface area contributed by atoms with Gasteiger partial charge in [0.2, 0.25) is 22.8 Å². The Morgan fingerprint density at radius 1 is 1.14 bits per heavy atom. The zero-order chi connectivity index (χ0) is 21.1. The summed E-state index contributed by atoms with van der Waals surface area (Å²) in [7, 11) is 0. The lowest BCUT2D eigenvalue weighted by Gasteiger charge is -2.18. The molecule has 0 aliphatic rings. The molecule has 1 aromatic rings. The summed E-state index contributed by atoms with van der Waals surface area (Å²) in [4.78, 5) is 64.4. The number of hydrogen-bond acceptors (Lipinski definition) is 7. The van der Waals surface area contributed by atoms with Crippen LogP contribution in [0.4, 0.5) is 0 Å². The van der Waals surface area contributed by atoms with Gasteiger partial charge < -0.3 is 26.0 Å². The van der Waals surface area contributed by atoms with Gasteiger partial charge in [-0.15, -0.1) is 0 Å². The second-order valence-corrected chi connectivity index (χ2v) is 6.88. The van der Waals surface area contributed by atoms with Gasteiger partial charge in [-0.1, -0.05) is 11.8 Å². The molecule has 0 radical (unpaired) electrons. The standard InChI is InChI=1S/C16H23N5O6S/c1-9(22)18-4-3-14(24)21-12(5-11-6-17-8-19-11)16(27)28-7-13(15(25)26)20-10(2)23/h6,8,12-13H,3-5,7H2,1-2H3,(H,17,19)(H,18,22)(H,20,23)(H,21,24)(H,25,26). The van der Waals surface area contributed by atoms with Crippen molar-refractivity contribution in [3.05, 3.63) is 18.2 Å². The van der Waals surface area contributed by atoms with Crippen molar-refractivity contribution in [1.29, 1.82) is 0 Å². The van der Waals surface area contributed by atoms with Gasteiger partial charge in [0.05, 0.1) is 6.33 Å². The molecule has 1 rings (SSSR count). The summed E-state index contributed by atoms with van der Waals surface area (Å²) in [6, 6.07) is -2.16. The van der Waals surface area contributed by atoms with Crippen molar-refractivity contribution >= 4 is 40.6 Å². The largest absolute Gasteiger partial charge is 0.480 e. The van der Waals surface area contributed by atoms with Crippen LogP contribution in [-0.2, 0) is 30.4 Å². The third-order valence-electron chi connectivity index (χ3n) is 3.39. The molecule has 0 aliphatic heterocycles. The van der Waals surface area contributed by atoms with E-state index in [1.165, 1.54) is 26.4 Å². The molecule has 0 aromatic carbocycles. The third-order valence-corrected chi connectivity index (χ3v) is 4.46. The Bertz CT molecular complexity index is 708. The van der Waals surface area contributed by atoms with E-state index in [0.717, 1.165) is 0 Å². The van der Waals surface area contributed by atoms with Crippen molar-refractivity contribution in [3.63, 3.8) is 0 Å². The minimum Gasteiger partial charge on any atom is -0.480 e. The average molecular weight is 413 g/mol. The number of nitrogens with zero attached hydrogens (tertiary/aromatic N) is 1. The Morgan fingerprint density at radius 3 is 2.39 bits per heavy atom. The SMILES string of the molecule is CC(=O)NCCC(=O)NC(Cc1cnc[nH]1)C(=O)SCC(NC(C)=O)C(=O)O. The van der Waals surface area contributed by atoms with Crippen LogP contribution in [0.3, 0.4) is 0 Å². The predicted molar refractivity (Wildman–Crippen MR) is 100 cm³/mol. The number of amides is 3. The number of aromatic amines is 1. The van der Waals surface area contributed by atoms with E-state index < -0.39 is 35.0 Å². The molecule has 12 heteroatoms. The summed E-state index contributed by atoms with van der Waals surface area (Å²) in [6.45, 7) is 2.63. The highest BCUT2D eigenvalue weighted by Gasteiger charge is 2.26. The van der Waals surface area contributed by atoms with Crippen LogP contribution in [0.25, 0.3) is 0 Å². The number of carbonyl (C=O) groups is 5. The fourth-order valence-electron chi connectivity index (χ4n) is 2.11. The van der Waals surface area contributed by atoms with Crippen LogP contribution in [0.15, 0.2) is 12.5 Å². The number of aliphatic carboxylic acids is 1. The van der Waals surface area contributed by atoms with E-state index in [-0.39, 0.29) is 31.0 Å². The maximum Gasteiger partial charge on any atom is 0.327 e. The first-order valence-electron chi connectivity index (χ1n) is 8.36. The molecule has 154 valence electrons. The molecule has 2 unspecified atom stereocenters. The quantitative estimate of drug-likeness (QED) is 0.301. The maximum absolute atomic E-state index is 12.5. The first-order chi connectivity index (χ1) is 13.2. The molecule has 1 aromatic heterocycles. The van der Waals surface area contributed by atoms with Gasteiger partial charge in [-0.05, 0) is 0 Å². The molecule has 0 bridgehead atoms. The van der Waals surface area contributed by atoms with Crippen LogP contribution >= 0.6 is 11.8 Å². The van der Waals surface area contributed by atoms with Gasteiger partial charge in [0.25, 0.3) is 0 Å². The number of H-pyrrole nitrogens is 1. The van der Waals surface area contributed by atoms with Gasteiger partial charge in [-0.3, -0.25) is 19.2 Å². The summed E-state index contributed by atoms with van der Waals surface area (Å²) in [5, 5.41) is 16.0. The van der Waals surface area contributed by atoms with Gasteiger partial charge in [0, 0.05) is 50.9 Å². The second kappa shape index (κ2) is 11.7. The van der Waals surface area contributed by atoms with Crippen molar-refractivity contribution in [2.75, 3.05) is 12.3 Å². The maximum atomic E-state index is 12.5. The van der Waals surface area contributed by atoms with Gasteiger partial charge in [-0.25, -0.2) is 9.78 Å². The van der Waals surface area contributed by atoms with Gasteiger partial charge in [0.1, 0.15) is 12.1 Å². The molecule has 5 N–H and O–H groups in total. The molecule has 11 nitrogen and oxygen atoms in total. The number of aromatic nitrogens is 2. The Balaban J connectivity index is 2.70. The van der Waals surface area contributed by atoms with E-state index in [0.29, 0.717) is 17.5 Å². The summed E-state index contributed by atoms with van der Waals surface area (Å²) < 4.78 is 0. The second-order valence-electron chi connectivity index (χ2n) is 5.86. The van der Waals surface area contributed by atoms with Crippen LogP contribution in [-0.4, -0.2) is 68.3 Å². The van der Waals surface area contributed by atoms with E-state index >= 15 is 0 Å². The van der Waals surface area contributed by atoms with Crippen LogP contribution in [0, 0.1) is 0 Å². The summed E-state index contributed by atoms with van der Waals surface area (Å²) in [5.74, 6) is -2.69. The molecule has 0 fully saturated rings. The normalized spacial score (nSPS) is 12.5. The molecule has 28 heavy (non-hydrogen) atoms. The van der Waals surface area contributed by atoms with Crippen molar-refractivity contribution in [2.45, 2.75) is 38.8 Å². The molecular weight excluding hydrogens is 390 g/mol. The van der Waals surface area contributed by atoms with Crippen molar-refractivity contribution in [2.24, 2.45) is 0 Å². The van der Waals surface area contributed by atoms with Crippen LogP contribution in [0.2, 0.25) is 0 Å². The molecule has 0 saturated carbocycles. The van der Waals surface area contributed by atoms with Crippen LogP contribution in [0.5, 0.6) is 0 Å². The van der Waals surface area contributed by atoms with E-state index in [9.17, 15) is 24.0 Å². The lowest BCUT2D eigenvalue weighted by atomic mass is 10.2. The molecule has 3 amide bonds. The Labute approximate surface area is 165 Å². The number of imidazole rings is 1. The molecule has 2 atom stereocenters. The molecule has 1 heterocycles.